The summed E-state index contributed by atoms with van der Waals surface area (Å²) >= 11 is 6.00. The molecule has 10 heteroatoms. The normalized spacial score (nSPS) is 11.2. The summed E-state index contributed by atoms with van der Waals surface area (Å²) in [5, 5.41) is 13.5. The van der Waals surface area contributed by atoms with Gasteiger partial charge in [-0.2, -0.15) is 5.10 Å². The summed E-state index contributed by atoms with van der Waals surface area (Å²) in [6, 6.07) is 8.91. The molecule has 1 N–H and O–H groups in total. The molecule has 3 heterocycles. The van der Waals surface area contributed by atoms with Crippen LogP contribution in [0.4, 0.5) is 0 Å². The number of halogens is 1. The van der Waals surface area contributed by atoms with E-state index in [0.29, 0.717) is 21.9 Å². The maximum absolute atomic E-state index is 12.6. The van der Waals surface area contributed by atoms with E-state index in [0.717, 1.165) is 15.8 Å². The van der Waals surface area contributed by atoms with E-state index >= 15 is 0 Å². The standard InChI is InChI=1S/C18H15ClN6O3/c1-10(26)22-24-8-7-14-16(18(24)27)20-21-17-15(11-3-5-12(19)6-4-11)13(9-28-2)23-25(14)17/h3-8H,9H2,1-2H3,(H,22,26). The van der Waals surface area contributed by atoms with Gasteiger partial charge in [0.15, 0.2) is 11.2 Å². The van der Waals surface area contributed by atoms with Crippen LogP contribution in [0.15, 0.2) is 41.3 Å². The molecule has 0 fully saturated rings. The van der Waals surface area contributed by atoms with Crippen LogP contribution in [0.5, 0.6) is 0 Å². The van der Waals surface area contributed by atoms with Crippen molar-refractivity contribution in [2.45, 2.75) is 13.5 Å². The predicted molar refractivity (Wildman–Crippen MR) is 104 cm³/mol. The van der Waals surface area contributed by atoms with Crippen molar-refractivity contribution < 1.29 is 9.53 Å². The maximum Gasteiger partial charge on any atom is 0.299 e. The molecule has 1 amide bonds. The third-order valence-corrected chi connectivity index (χ3v) is 4.40. The van der Waals surface area contributed by atoms with Crippen molar-refractivity contribution in [1.29, 1.82) is 0 Å². The number of aromatic nitrogens is 5. The first kappa shape index (κ1) is 18.1. The second kappa shape index (κ2) is 7.02. The molecule has 0 bridgehead atoms. The number of fused-ring (bicyclic) bond motifs is 3. The minimum Gasteiger partial charge on any atom is -0.378 e. The lowest BCUT2D eigenvalue weighted by Crippen LogP contribution is -2.32. The Bertz CT molecular complexity index is 1260. The molecule has 0 saturated heterocycles. The minimum absolute atomic E-state index is 0.0814. The quantitative estimate of drug-likeness (QED) is 0.564. The van der Waals surface area contributed by atoms with Crippen molar-refractivity contribution in [2.75, 3.05) is 12.5 Å². The highest BCUT2D eigenvalue weighted by atomic mass is 35.5. The Morgan fingerprint density at radius 2 is 1.96 bits per heavy atom. The van der Waals surface area contributed by atoms with Gasteiger partial charge in [0.1, 0.15) is 5.52 Å². The highest BCUT2D eigenvalue weighted by Gasteiger charge is 2.19. The third kappa shape index (κ3) is 3.00. The first-order valence-electron chi connectivity index (χ1n) is 8.31. The fourth-order valence-corrected chi connectivity index (χ4v) is 3.12. The second-order valence-electron chi connectivity index (χ2n) is 6.09. The Hall–Kier alpha value is -3.30. The largest absolute Gasteiger partial charge is 0.378 e. The molecule has 0 aliphatic rings. The number of carbonyl (C=O) groups excluding carboxylic acids is 1. The molecule has 142 valence electrons. The first-order valence-corrected chi connectivity index (χ1v) is 8.69. The van der Waals surface area contributed by atoms with E-state index in [1.165, 1.54) is 13.1 Å². The average molecular weight is 399 g/mol. The van der Waals surface area contributed by atoms with Crippen LogP contribution >= 0.6 is 11.6 Å². The molecule has 0 aliphatic heterocycles. The Morgan fingerprint density at radius 1 is 1.21 bits per heavy atom. The molecular weight excluding hydrogens is 384 g/mol. The number of ether oxygens (including phenoxy) is 1. The molecular formula is C18H15ClN6O3. The van der Waals surface area contributed by atoms with Crippen molar-refractivity contribution >= 4 is 34.2 Å². The summed E-state index contributed by atoms with van der Waals surface area (Å²) < 4.78 is 7.89. The third-order valence-electron chi connectivity index (χ3n) is 4.14. The Labute approximate surface area is 163 Å². The van der Waals surface area contributed by atoms with Crippen LogP contribution in [0.1, 0.15) is 12.6 Å². The lowest BCUT2D eigenvalue weighted by molar-refractivity contribution is -0.115. The van der Waals surface area contributed by atoms with Crippen LogP contribution in [-0.4, -0.2) is 37.5 Å². The number of amides is 1. The molecule has 4 aromatic rings. The summed E-state index contributed by atoms with van der Waals surface area (Å²) in [6.45, 7) is 1.57. The topological polar surface area (TPSA) is 103 Å². The van der Waals surface area contributed by atoms with Crippen LogP contribution in [0.2, 0.25) is 5.02 Å². The van der Waals surface area contributed by atoms with Gasteiger partial charge in [-0.15, -0.1) is 10.2 Å². The molecule has 0 spiro atoms. The summed E-state index contributed by atoms with van der Waals surface area (Å²) in [7, 11) is 1.57. The number of hydrogen-bond acceptors (Lipinski definition) is 6. The Morgan fingerprint density at radius 3 is 2.64 bits per heavy atom. The van der Waals surface area contributed by atoms with Gasteiger partial charge in [0.25, 0.3) is 5.56 Å². The fraction of sp³-hybridized carbons (Fsp3) is 0.167. The molecule has 0 radical (unpaired) electrons. The molecule has 1 aromatic carbocycles. The zero-order chi connectivity index (χ0) is 19.8. The van der Waals surface area contributed by atoms with Crippen LogP contribution in [-0.2, 0) is 16.1 Å². The second-order valence-corrected chi connectivity index (χ2v) is 6.53. The molecule has 9 nitrogen and oxygen atoms in total. The van der Waals surface area contributed by atoms with Gasteiger partial charge in [-0.05, 0) is 23.8 Å². The summed E-state index contributed by atoms with van der Waals surface area (Å²) in [5.41, 5.74) is 5.20. The molecule has 0 unspecified atom stereocenters. The molecule has 0 atom stereocenters. The number of methoxy groups -OCH3 is 1. The SMILES string of the molecule is COCc1nn2c(nnc3c(=O)n(NC(C)=O)ccc32)c1-c1ccc(Cl)cc1. The van der Waals surface area contributed by atoms with Crippen LogP contribution in [0, 0.1) is 0 Å². The number of nitrogens with one attached hydrogen (secondary N) is 1. The number of benzene rings is 1. The van der Waals surface area contributed by atoms with Crippen LogP contribution in [0.3, 0.4) is 0 Å². The van der Waals surface area contributed by atoms with Gasteiger partial charge in [-0.1, -0.05) is 23.7 Å². The van der Waals surface area contributed by atoms with Crippen molar-refractivity contribution in [3.63, 3.8) is 0 Å². The van der Waals surface area contributed by atoms with Crippen molar-refractivity contribution in [2.24, 2.45) is 0 Å². The van der Waals surface area contributed by atoms with Crippen molar-refractivity contribution in [1.82, 2.24) is 24.5 Å². The van der Waals surface area contributed by atoms with Gasteiger partial charge >= 0.3 is 0 Å². The Kier molecular flexibility index (Phi) is 4.54. The van der Waals surface area contributed by atoms with E-state index in [9.17, 15) is 9.59 Å². The van der Waals surface area contributed by atoms with Gasteiger partial charge in [-0.3, -0.25) is 15.0 Å². The van der Waals surface area contributed by atoms with Gasteiger partial charge in [0.05, 0.1) is 17.9 Å². The van der Waals surface area contributed by atoms with Gasteiger partial charge in [0, 0.05) is 25.3 Å². The smallest absolute Gasteiger partial charge is 0.299 e. The first-order chi connectivity index (χ1) is 13.5. The highest BCUT2D eigenvalue weighted by molar-refractivity contribution is 6.30. The van der Waals surface area contributed by atoms with Gasteiger partial charge in [-0.25, -0.2) is 9.19 Å². The van der Waals surface area contributed by atoms with Crippen LogP contribution in [0.25, 0.3) is 27.8 Å². The summed E-state index contributed by atoms with van der Waals surface area (Å²) in [4.78, 5) is 23.9. The fourth-order valence-electron chi connectivity index (χ4n) is 3.00. The number of hydrogen-bond donors (Lipinski definition) is 1. The maximum atomic E-state index is 12.6. The minimum atomic E-state index is -0.501. The number of nitrogens with zero attached hydrogens (tertiary/aromatic N) is 5. The van der Waals surface area contributed by atoms with E-state index in [2.05, 4.69) is 20.7 Å². The van der Waals surface area contributed by atoms with Crippen LogP contribution < -0.4 is 11.0 Å². The molecule has 28 heavy (non-hydrogen) atoms. The van der Waals surface area contributed by atoms with Gasteiger partial charge < -0.3 is 4.74 Å². The van der Waals surface area contributed by atoms with E-state index in [-0.39, 0.29) is 18.0 Å². The molecule has 4 rings (SSSR count). The molecule has 0 saturated carbocycles. The number of pyridine rings is 1. The van der Waals surface area contributed by atoms with E-state index in [1.807, 2.05) is 12.1 Å². The number of carbonyl (C=O) groups is 1. The zero-order valence-electron chi connectivity index (χ0n) is 15.0. The lowest BCUT2D eigenvalue weighted by Gasteiger charge is -2.07. The van der Waals surface area contributed by atoms with E-state index < -0.39 is 5.56 Å². The zero-order valence-corrected chi connectivity index (χ0v) is 15.8. The highest BCUT2D eigenvalue weighted by Crippen LogP contribution is 2.29. The van der Waals surface area contributed by atoms with Gasteiger partial charge in [0.2, 0.25) is 5.91 Å². The van der Waals surface area contributed by atoms with Crippen molar-refractivity contribution in [3.8, 4) is 11.1 Å². The Balaban J connectivity index is 2.00. The van der Waals surface area contributed by atoms with Crippen molar-refractivity contribution in [3.05, 3.63) is 57.6 Å². The number of rotatable bonds is 4. The lowest BCUT2D eigenvalue weighted by atomic mass is 10.1. The van der Waals surface area contributed by atoms with E-state index in [4.69, 9.17) is 16.3 Å². The monoisotopic (exact) mass is 398 g/mol. The predicted octanol–water partition coefficient (Wildman–Crippen LogP) is 2.00. The summed E-state index contributed by atoms with van der Waals surface area (Å²) in [6.07, 6.45) is 1.45. The molecule has 0 aliphatic carbocycles. The van der Waals surface area contributed by atoms with E-state index in [1.54, 1.807) is 29.8 Å². The average Bonchev–Trinajstić information content (AvgIpc) is 3.03. The molecule has 3 aromatic heterocycles. The summed E-state index contributed by atoms with van der Waals surface area (Å²) in [5.74, 6) is -0.373.